The monoisotopic (exact) mass is 452 g/mol. The standard InChI is InChI=1S/C28H28N4S/c1-18-14-19(2)16-23(15-18)32-27(26(30-28(32)33)24-8-5-6-12-29-24)25-9-7-13-31(25)22-11-10-20(3)21(4)17-22/h5-17,26-27H,1-4H3,(H,30,33)/t26-,27+/m1/s1. The molecule has 0 bridgehead atoms. The first-order valence-corrected chi connectivity index (χ1v) is 11.7. The largest absolute Gasteiger partial charge is 0.351 e. The maximum absolute atomic E-state index is 5.91. The molecule has 166 valence electrons. The minimum absolute atomic E-state index is 0.0507. The third-order valence-electron chi connectivity index (χ3n) is 6.43. The molecule has 5 rings (SSSR count). The lowest BCUT2D eigenvalue weighted by Crippen LogP contribution is -2.30. The first-order valence-electron chi connectivity index (χ1n) is 11.3. The summed E-state index contributed by atoms with van der Waals surface area (Å²) in [5.41, 5.74) is 9.40. The second-order valence-corrected chi connectivity index (χ2v) is 9.30. The predicted octanol–water partition coefficient (Wildman–Crippen LogP) is 6.28. The van der Waals surface area contributed by atoms with Gasteiger partial charge in [-0.15, -0.1) is 0 Å². The Kier molecular flexibility index (Phi) is 5.51. The Bertz CT molecular complexity index is 1300. The number of nitrogens with zero attached hydrogens (tertiary/aromatic N) is 3. The molecular weight excluding hydrogens is 424 g/mol. The molecule has 1 N–H and O–H groups in total. The highest BCUT2D eigenvalue weighted by Crippen LogP contribution is 2.42. The van der Waals surface area contributed by atoms with Crippen LogP contribution in [0, 0.1) is 27.7 Å². The van der Waals surface area contributed by atoms with Gasteiger partial charge in [0.15, 0.2) is 5.11 Å². The topological polar surface area (TPSA) is 33.1 Å². The number of thiocarbonyl (C=S) groups is 1. The first-order chi connectivity index (χ1) is 15.9. The van der Waals surface area contributed by atoms with E-state index in [1.807, 2.05) is 18.3 Å². The molecule has 4 nitrogen and oxygen atoms in total. The van der Waals surface area contributed by atoms with Crippen LogP contribution in [0.1, 0.15) is 45.7 Å². The summed E-state index contributed by atoms with van der Waals surface area (Å²) < 4.78 is 2.28. The number of benzene rings is 2. The quantitative estimate of drug-likeness (QED) is 0.369. The number of pyridine rings is 1. The van der Waals surface area contributed by atoms with Crippen molar-refractivity contribution in [2.24, 2.45) is 0 Å². The van der Waals surface area contributed by atoms with Crippen LogP contribution in [-0.4, -0.2) is 14.7 Å². The number of aryl methyl sites for hydroxylation is 4. The maximum Gasteiger partial charge on any atom is 0.174 e. The molecule has 1 saturated heterocycles. The van der Waals surface area contributed by atoms with Crippen LogP contribution in [0.25, 0.3) is 5.69 Å². The van der Waals surface area contributed by atoms with Gasteiger partial charge in [-0.3, -0.25) is 4.98 Å². The second-order valence-electron chi connectivity index (χ2n) is 8.91. The highest BCUT2D eigenvalue weighted by atomic mass is 32.1. The van der Waals surface area contributed by atoms with Crippen molar-refractivity contribution in [2.75, 3.05) is 4.90 Å². The molecule has 0 spiro atoms. The lowest BCUT2D eigenvalue weighted by molar-refractivity contribution is 0.549. The molecule has 0 amide bonds. The molecular formula is C28H28N4S. The van der Waals surface area contributed by atoms with E-state index in [9.17, 15) is 0 Å². The molecule has 0 saturated carbocycles. The molecule has 1 fully saturated rings. The molecule has 5 heteroatoms. The number of hydrogen-bond acceptors (Lipinski definition) is 2. The van der Waals surface area contributed by atoms with Gasteiger partial charge in [-0.25, -0.2) is 0 Å². The maximum atomic E-state index is 5.91. The summed E-state index contributed by atoms with van der Waals surface area (Å²) in [4.78, 5) is 6.94. The van der Waals surface area contributed by atoms with Crippen molar-refractivity contribution in [1.82, 2.24) is 14.9 Å². The molecule has 0 radical (unpaired) electrons. The molecule has 4 aromatic rings. The van der Waals surface area contributed by atoms with Gasteiger partial charge in [-0.1, -0.05) is 18.2 Å². The number of aromatic nitrogens is 2. The Balaban J connectivity index is 1.69. The molecule has 1 aliphatic heterocycles. The summed E-state index contributed by atoms with van der Waals surface area (Å²) in [6.07, 6.45) is 3.98. The average Bonchev–Trinajstić information content (AvgIpc) is 3.40. The highest BCUT2D eigenvalue weighted by molar-refractivity contribution is 7.80. The van der Waals surface area contributed by atoms with Crippen LogP contribution in [-0.2, 0) is 0 Å². The van der Waals surface area contributed by atoms with E-state index in [1.165, 1.54) is 27.9 Å². The van der Waals surface area contributed by atoms with E-state index in [-0.39, 0.29) is 12.1 Å². The van der Waals surface area contributed by atoms with Crippen LogP contribution in [0.5, 0.6) is 0 Å². The Hall–Kier alpha value is -3.44. The Labute approximate surface area is 200 Å². The Morgan fingerprint density at radius 1 is 0.818 bits per heavy atom. The van der Waals surface area contributed by atoms with Gasteiger partial charge in [0, 0.05) is 29.5 Å². The van der Waals surface area contributed by atoms with Crippen LogP contribution in [0.15, 0.2) is 79.1 Å². The van der Waals surface area contributed by atoms with Crippen molar-refractivity contribution >= 4 is 23.0 Å². The zero-order valence-electron chi connectivity index (χ0n) is 19.4. The van der Waals surface area contributed by atoms with E-state index in [1.54, 1.807) is 0 Å². The fourth-order valence-electron chi connectivity index (χ4n) is 4.77. The Morgan fingerprint density at radius 3 is 2.30 bits per heavy atom. The average molecular weight is 453 g/mol. The van der Waals surface area contributed by atoms with Crippen molar-refractivity contribution in [1.29, 1.82) is 0 Å². The van der Waals surface area contributed by atoms with Gasteiger partial charge in [0.05, 0.1) is 11.7 Å². The predicted molar refractivity (Wildman–Crippen MR) is 139 cm³/mol. The smallest absolute Gasteiger partial charge is 0.174 e. The Morgan fingerprint density at radius 2 is 1.61 bits per heavy atom. The lowest BCUT2D eigenvalue weighted by Gasteiger charge is -2.29. The van der Waals surface area contributed by atoms with Gasteiger partial charge in [0.1, 0.15) is 6.04 Å². The van der Waals surface area contributed by atoms with E-state index in [0.717, 1.165) is 17.1 Å². The summed E-state index contributed by atoms with van der Waals surface area (Å²) >= 11 is 5.91. The molecule has 0 aliphatic carbocycles. The number of nitrogens with one attached hydrogen (secondary N) is 1. The first kappa shape index (κ1) is 21.4. The van der Waals surface area contributed by atoms with Crippen LogP contribution < -0.4 is 10.2 Å². The van der Waals surface area contributed by atoms with Crippen LogP contribution in [0.2, 0.25) is 0 Å². The summed E-state index contributed by atoms with van der Waals surface area (Å²) in [6.45, 7) is 8.57. The minimum Gasteiger partial charge on any atom is -0.351 e. The van der Waals surface area contributed by atoms with Gasteiger partial charge in [0.25, 0.3) is 0 Å². The molecule has 2 aromatic heterocycles. The van der Waals surface area contributed by atoms with Gasteiger partial charge in [0.2, 0.25) is 0 Å². The molecule has 2 aromatic carbocycles. The van der Waals surface area contributed by atoms with Crippen molar-refractivity contribution in [3.63, 3.8) is 0 Å². The summed E-state index contributed by atoms with van der Waals surface area (Å²) in [7, 11) is 0. The fourth-order valence-corrected chi connectivity index (χ4v) is 5.11. The molecule has 3 heterocycles. The van der Waals surface area contributed by atoms with E-state index in [0.29, 0.717) is 5.11 Å². The summed E-state index contributed by atoms with van der Waals surface area (Å²) in [5, 5.41) is 4.29. The van der Waals surface area contributed by atoms with Gasteiger partial charge >= 0.3 is 0 Å². The third kappa shape index (κ3) is 3.93. The normalized spacial score (nSPS) is 17.9. The van der Waals surface area contributed by atoms with Crippen LogP contribution in [0.3, 0.4) is 0 Å². The number of hydrogen-bond donors (Lipinski definition) is 1. The van der Waals surface area contributed by atoms with Crippen molar-refractivity contribution in [3.8, 4) is 5.69 Å². The second kappa shape index (κ2) is 8.49. The summed E-state index contributed by atoms with van der Waals surface area (Å²) in [5.74, 6) is 0. The fraction of sp³-hybridized carbons (Fsp3) is 0.214. The van der Waals surface area contributed by atoms with Gasteiger partial charge < -0.3 is 14.8 Å². The molecule has 1 aliphatic rings. The third-order valence-corrected chi connectivity index (χ3v) is 6.75. The zero-order chi connectivity index (χ0) is 23.1. The molecule has 33 heavy (non-hydrogen) atoms. The number of rotatable bonds is 4. The zero-order valence-corrected chi connectivity index (χ0v) is 20.2. The number of anilines is 1. The van der Waals surface area contributed by atoms with Crippen LogP contribution in [0.4, 0.5) is 5.69 Å². The van der Waals surface area contributed by atoms with Gasteiger partial charge in [-0.05, 0) is 111 Å². The SMILES string of the molecule is Cc1cc(C)cc(N2C(=S)N[C@H](c3ccccn3)[C@@H]2c2cccn2-c2ccc(C)c(C)c2)c1. The van der Waals surface area contributed by atoms with E-state index in [2.05, 4.69) is 108 Å². The van der Waals surface area contributed by atoms with E-state index < -0.39 is 0 Å². The minimum atomic E-state index is -0.0697. The molecule has 2 atom stereocenters. The lowest BCUT2D eigenvalue weighted by atomic mass is 10.00. The summed E-state index contributed by atoms with van der Waals surface area (Å²) in [6, 6.07) is 23.5. The molecule has 0 unspecified atom stereocenters. The highest BCUT2D eigenvalue weighted by Gasteiger charge is 2.42. The van der Waals surface area contributed by atoms with E-state index >= 15 is 0 Å². The van der Waals surface area contributed by atoms with Crippen LogP contribution >= 0.6 is 12.2 Å². The van der Waals surface area contributed by atoms with Crippen molar-refractivity contribution < 1.29 is 0 Å². The van der Waals surface area contributed by atoms with E-state index in [4.69, 9.17) is 12.2 Å². The van der Waals surface area contributed by atoms with Gasteiger partial charge in [-0.2, -0.15) is 0 Å². The van der Waals surface area contributed by atoms with Crippen molar-refractivity contribution in [2.45, 2.75) is 39.8 Å². The van der Waals surface area contributed by atoms with Crippen molar-refractivity contribution in [3.05, 3.63) is 113 Å².